The molecule has 0 spiro atoms. The van der Waals surface area contributed by atoms with Crippen molar-refractivity contribution in [2.24, 2.45) is 0 Å². The summed E-state index contributed by atoms with van der Waals surface area (Å²) in [5.74, 6) is -4.02. The maximum Gasteiger partial charge on any atom is 0.204 e. The highest BCUT2D eigenvalue weighted by Crippen LogP contribution is 2.33. The van der Waals surface area contributed by atoms with Crippen LogP contribution in [0.5, 0.6) is 17.2 Å². The van der Waals surface area contributed by atoms with Crippen molar-refractivity contribution in [2.75, 3.05) is 13.2 Å². The van der Waals surface area contributed by atoms with Gasteiger partial charge in [0.2, 0.25) is 11.6 Å². The summed E-state index contributed by atoms with van der Waals surface area (Å²) in [6.07, 6.45) is 2.11. The van der Waals surface area contributed by atoms with Crippen molar-refractivity contribution in [3.8, 4) is 39.5 Å². The van der Waals surface area contributed by atoms with Gasteiger partial charge >= 0.3 is 0 Å². The lowest BCUT2D eigenvalue weighted by Gasteiger charge is -2.12. The molecule has 0 aliphatic rings. The molecule has 0 fully saturated rings. The van der Waals surface area contributed by atoms with Crippen LogP contribution in [0.25, 0.3) is 22.3 Å². The van der Waals surface area contributed by atoms with Crippen molar-refractivity contribution < 1.29 is 31.8 Å². The van der Waals surface area contributed by atoms with Gasteiger partial charge in [0, 0.05) is 11.1 Å². The number of hydrogen-bond acceptors (Lipinski definition) is 3. The molecule has 0 saturated carbocycles. The van der Waals surface area contributed by atoms with E-state index in [4.69, 9.17) is 14.2 Å². The van der Waals surface area contributed by atoms with Crippen LogP contribution >= 0.6 is 0 Å². The summed E-state index contributed by atoms with van der Waals surface area (Å²) in [5, 5.41) is 0. The zero-order valence-corrected chi connectivity index (χ0v) is 20.8. The van der Waals surface area contributed by atoms with E-state index in [0.29, 0.717) is 35.5 Å². The largest absolute Gasteiger partial charge is 0.494 e. The Hall–Kier alpha value is -4.26. The third-order valence-corrected chi connectivity index (χ3v) is 5.81. The Labute approximate surface area is 218 Å². The quantitative estimate of drug-likeness (QED) is 0.112. The van der Waals surface area contributed by atoms with Crippen molar-refractivity contribution in [1.29, 1.82) is 0 Å². The number of hydrogen-bond donors (Lipinski definition) is 0. The van der Waals surface area contributed by atoms with Crippen molar-refractivity contribution in [3.63, 3.8) is 0 Å². The molecular formula is C31H26F4O3. The topological polar surface area (TPSA) is 27.7 Å². The maximum atomic E-state index is 15.0. The summed E-state index contributed by atoms with van der Waals surface area (Å²) in [7, 11) is 0. The molecule has 0 atom stereocenters. The summed E-state index contributed by atoms with van der Waals surface area (Å²) >= 11 is 0. The molecule has 0 aliphatic heterocycles. The predicted octanol–water partition coefficient (Wildman–Crippen LogP) is 8.51. The second kappa shape index (κ2) is 12.3. The van der Waals surface area contributed by atoms with Gasteiger partial charge in [-0.05, 0) is 54.3 Å². The van der Waals surface area contributed by atoms with Crippen LogP contribution in [0.15, 0.2) is 85.5 Å². The van der Waals surface area contributed by atoms with Gasteiger partial charge in [0.25, 0.3) is 0 Å². The Bertz CT molecular complexity index is 1400. The van der Waals surface area contributed by atoms with E-state index in [1.54, 1.807) is 54.6 Å². The molecule has 0 saturated heterocycles. The summed E-state index contributed by atoms with van der Waals surface area (Å²) in [6.45, 7) is 6.05. The van der Waals surface area contributed by atoms with Gasteiger partial charge in [-0.1, -0.05) is 54.6 Å². The zero-order chi connectivity index (χ0) is 27.1. The Morgan fingerprint density at radius 2 is 1.16 bits per heavy atom. The average molecular weight is 523 g/mol. The predicted molar refractivity (Wildman–Crippen MR) is 139 cm³/mol. The second-order valence-corrected chi connectivity index (χ2v) is 8.35. The first-order valence-electron chi connectivity index (χ1n) is 12.1. The molecule has 0 radical (unpaired) electrons. The van der Waals surface area contributed by atoms with Gasteiger partial charge in [-0.3, -0.25) is 0 Å². The number of rotatable bonds is 11. The first-order valence-corrected chi connectivity index (χ1v) is 12.1. The van der Waals surface area contributed by atoms with E-state index in [0.717, 1.165) is 0 Å². The average Bonchev–Trinajstić information content (AvgIpc) is 2.93. The molecule has 0 N–H and O–H groups in total. The lowest BCUT2D eigenvalue weighted by Crippen LogP contribution is -2.03. The van der Waals surface area contributed by atoms with E-state index in [1.807, 2.05) is 6.92 Å². The minimum absolute atomic E-state index is 0.0547. The normalized spacial score (nSPS) is 10.8. The SMILES string of the molecule is C=CCCOc1ccc(OCc2ccc(-c3ccc(-c4ccc(OCC)cc4)c(F)c3F)cc2)c(F)c1F. The number of ether oxygens (including phenoxy) is 3. The Morgan fingerprint density at radius 3 is 1.68 bits per heavy atom. The maximum absolute atomic E-state index is 15.0. The molecule has 4 aromatic rings. The van der Waals surface area contributed by atoms with Crippen LogP contribution in [0, 0.1) is 23.3 Å². The van der Waals surface area contributed by atoms with Crippen LogP contribution in [-0.2, 0) is 6.61 Å². The van der Waals surface area contributed by atoms with Crippen LogP contribution in [0.2, 0.25) is 0 Å². The van der Waals surface area contributed by atoms with Crippen LogP contribution in [0.1, 0.15) is 18.9 Å². The number of halogens is 4. The van der Waals surface area contributed by atoms with Gasteiger partial charge in [0.15, 0.2) is 23.1 Å². The molecule has 4 rings (SSSR count). The Morgan fingerprint density at radius 1 is 0.632 bits per heavy atom. The smallest absolute Gasteiger partial charge is 0.204 e. The minimum Gasteiger partial charge on any atom is -0.494 e. The van der Waals surface area contributed by atoms with E-state index >= 15 is 0 Å². The third kappa shape index (κ3) is 5.99. The van der Waals surface area contributed by atoms with E-state index in [2.05, 4.69) is 6.58 Å². The molecule has 38 heavy (non-hydrogen) atoms. The summed E-state index contributed by atoms with van der Waals surface area (Å²) in [4.78, 5) is 0. The molecule has 0 unspecified atom stereocenters. The van der Waals surface area contributed by atoms with Crippen molar-refractivity contribution in [3.05, 3.63) is 114 Å². The molecule has 3 nitrogen and oxygen atoms in total. The Balaban J connectivity index is 1.45. The third-order valence-electron chi connectivity index (χ3n) is 5.81. The first kappa shape index (κ1) is 26.8. The van der Waals surface area contributed by atoms with Crippen LogP contribution < -0.4 is 14.2 Å². The fourth-order valence-corrected chi connectivity index (χ4v) is 3.82. The molecule has 0 aliphatic carbocycles. The molecule has 7 heteroatoms. The molecule has 0 heterocycles. The molecule has 0 aromatic heterocycles. The zero-order valence-electron chi connectivity index (χ0n) is 20.8. The molecular weight excluding hydrogens is 496 g/mol. The Kier molecular flexibility index (Phi) is 8.69. The summed E-state index contributed by atoms with van der Waals surface area (Å²) in [5.41, 5.74) is 1.87. The van der Waals surface area contributed by atoms with Crippen molar-refractivity contribution in [2.45, 2.75) is 20.0 Å². The first-order chi connectivity index (χ1) is 18.4. The lowest BCUT2D eigenvalue weighted by molar-refractivity contribution is 0.271. The minimum atomic E-state index is -1.15. The summed E-state index contributed by atoms with van der Waals surface area (Å²) in [6, 6.07) is 18.9. The van der Waals surface area contributed by atoms with Gasteiger partial charge < -0.3 is 14.2 Å². The lowest BCUT2D eigenvalue weighted by atomic mass is 9.98. The fourth-order valence-electron chi connectivity index (χ4n) is 3.82. The monoisotopic (exact) mass is 522 g/mol. The van der Waals surface area contributed by atoms with E-state index in [9.17, 15) is 17.6 Å². The van der Waals surface area contributed by atoms with Gasteiger partial charge in [-0.15, -0.1) is 6.58 Å². The van der Waals surface area contributed by atoms with Crippen molar-refractivity contribution >= 4 is 0 Å². The van der Waals surface area contributed by atoms with Gasteiger partial charge in [0.1, 0.15) is 12.4 Å². The van der Waals surface area contributed by atoms with E-state index < -0.39 is 23.3 Å². The summed E-state index contributed by atoms with van der Waals surface area (Å²) < 4.78 is 74.6. The fraction of sp³-hybridized carbons (Fsp3) is 0.161. The molecule has 0 amide bonds. The second-order valence-electron chi connectivity index (χ2n) is 8.35. The molecule has 4 aromatic carbocycles. The standard InChI is InChI=1S/C31H26F4O3/c1-3-5-18-37-26-16-17-27(31(35)30(26)34)38-19-20-6-8-21(9-7-20)24-14-15-25(29(33)28(24)32)22-10-12-23(13-11-22)36-4-2/h3,6-17H,1,4-5,18-19H2,2H3. The van der Waals surface area contributed by atoms with Crippen molar-refractivity contribution in [1.82, 2.24) is 0 Å². The van der Waals surface area contributed by atoms with Crippen LogP contribution in [0.4, 0.5) is 17.6 Å². The highest BCUT2D eigenvalue weighted by atomic mass is 19.2. The van der Waals surface area contributed by atoms with Crippen LogP contribution in [-0.4, -0.2) is 13.2 Å². The number of benzene rings is 4. The van der Waals surface area contributed by atoms with Crippen LogP contribution in [0.3, 0.4) is 0 Å². The van der Waals surface area contributed by atoms with Gasteiger partial charge in [0.05, 0.1) is 13.2 Å². The van der Waals surface area contributed by atoms with Gasteiger partial charge in [-0.25, -0.2) is 8.78 Å². The highest BCUT2D eigenvalue weighted by molar-refractivity contribution is 5.72. The van der Waals surface area contributed by atoms with E-state index in [1.165, 1.54) is 24.3 Å². The van der Waals surface area contributed by atoms with E-state index in [-0.39, 0.29) is 35.8 Å². The van der Waals surface area contributed by atoms with Gasteiger partial charge in [-0.2, -0.15) is 8.78 Å². The molecule has 196 valence electrons. The molecule has 0 bridgehead atoms. The highest BCUT2D eigenvalue weighted by Gasteiger charge is 2.17.